The first-order valence-corrected chi connectivity index (χ1v) is 5.22. The molecule has 2 aliphatic rings. The average molecular weight is 169 g/mol. The van der Waals surface area contributed by atoms with Crippen LogP contribution in [0.4, 0.5) is 0 Å². The molecule has 0 aromatic rings. The second-order valence-electron chi connectivity index (χ2n) is 4.00. The third-order valence-corrected chi connectivity index (χ3v) is 3.37. The Hall–Kier alpha value is -0.0800. The van der Waals surface area contributed by atoms with E-state index in [2.05, 4.69) is 18.7 Å². The van der Waals surface area contributed by atoms with Gasteiger partial charge in [-0.05, 0) is 19.3 Å². The Morgan fingerprint density at radius 1 is 1.17 bits per heavy atom. The van der Waals surface area contributed by atoms with Gasteiger partial charge in [0.1, 0.15) is 0 Å². The summed E-state index contributed by atoms with van der Waals surface area (Å²) in [5.74, 6) is 0. The summed E-state index contributed by atoms with van der Waals surface area (Å²) in [5, 5.41) is 0. The molecule has 70 valence electrons. The van der Waals surface area contributed by atoms with Gasteiger partial charge in [-0.2, -0.15) is 0 Å². The molecule has 0 N–H and O–H groups in total. The minimum absolute atomic E-state index is 0.758. The molecule has 2 rings (SSSR count). The lowest BCUT2D eigenvalue weighted by molar-refractivity contribution is -0.138. The predicted octanol–water partition coefficient (Wildman–Crippen LogP) is 1.65. The molecule has 12 heavy (non-hydrogen) atoms. The van der Waals surface area contributed by atoms with E-state index in [1.807, 2.05) is 0 Å². The van der Waals surface area contributed by atoms with Gasteiger partial charge in [0.2, 0.25) is 0 Å². The van der Waals surface area contributed by atoms with Crippen LogP contribution in [0.3, 0.4) is 0 Å². The van der Waals surface area contributed by atoms with E-state index in [0.717, 1.165) is 31.3 Å². The van der Waals surface area contributed by atoms with E-state index < -0.39 is 0 Å². The molecule has 0 amide bonds. The third-order valence-electron chi connectivity index (χ3n) is 3.37. The van der Waals surface area contributed by atoms with Crippen molar-refractivity contribution in [2.75, 3.05) is 13.2 Å². The van der Waals surface area contributed by atoms with Gasteiger partial charge in [-0.1, -0.05) is 13.8 Å². The molecular formula is C10H19NO. The number of hydrogen-bond acceptors (Lipinski definition) is 2. The van der Waals surface area contributed by atoms with Gasteiger partial charge in [-0.15, -0.1) is 0 Å². The molecule has 0 spiro atoms. The Kier molecular flexibility index (Phi) is 2.37. The monoisotopic (exact) mass is 169 g/mol. The fraction of sp³-hybridized carbons (Fsp3) is 1.00. The number of likely N-dealkylation sites (tertiary alicyclic amines) is 1. The number of ether oxygens (including phenoxy) is 1. The van der Waals surface area contributed by atoms with Crippen LogP contribution < -0.4 is 0 Å². The molecule has 2 nitrogen and oxygen atoms in total. The first-order chi connectivity index (χ1) is 5.86. The fourth-order valence-corrected chi connectivity index (χ4v) is 2.46. The van der Waals surface area contributed by atoms with Crippen molar-refractivity contribution in [2.24, 2.45) is 0 Å². The van der Waals surface area contributed by atoms with Gasteiger partial charge in [0, 0.05) is 12.1 Å². The standard InChI is InChI=1S/C10H19NO/c1-3-8-5-9(4-2)11(8)10-6-12-7-10/h8-10H,3-7H2,1-2H3. The lowest BCUT2D eigenvalue weighted by Gasteiger charge is -2.54. The Bertz CT molecular complexity index is 139. The summed E-state index contributed by atoms with van der Waals surface area (Å²) >= 11 is 0. The lowest BCUT2D eigenvalue weighted by atomic mass is 9.86. The highest BCUT2D eigenvalue weighted by Gasteiger charge is 2.42. The lowest BCUT2D eigenvalue weighted by Crippen LogP contribution is -2.65. The van der Waals surface area contributed by atoms with Crippen molar-refractivity contribution >= 4 is 0 Å². The summed E-state index contributed by atoms with van der Waals surface area (Å²) in [6.07, 6.45) is 4.05. The van der Waals surface area contributed by atoms with Gasteiger partial charge in [-0.3, -0.25) is 4.90 Å². The van der Waals surface area contributed by atoms with Crippen molar-refractivity contribution in [3.63, 3.8) is 0 Å². The first-order valence-electron chi connectivity index (χ1n) is 5.22. The molecule has 2 heteroatoms. The van der Waals surface area contributed by atoms with Crippen LogP contribution in [-0.2, 0) is 4.74 Å². The van der Waals surface area contributed by atoms with Crippen LogP contribution in [0, 0.1) is 0 Å². The fourth-order valence-electron chi connectivity index (χ4n) is 2.46. The van der Waals surface area contributed by atoms with E-state index in [0.29, 0.717) is 0 Å². The van der Waals surface area contributed by atoms with Crippen LogP contribution in [0.15, 0.2) is 0 Å². The van der Waals surface area contributed by atoms with Gasteiger partial charge < -0.3 is 4.74 Å². The molecule has 0 radical (unpaired) electrons. The van der Waals surface area contributed by atoms with Crippen LogP contribution in [0.1, 0.15) is 33.1 Å². The Labute approximate surface area is 74.9 Å². The first kappa shape index (κ1) is 8.52. The molecule has 0 saturated carbocycles. The van der Waals surface area contributed by atoms with Gasteiger partial charge >= 0.3 is 0 Å². The van der Waals surface area contributed by atoms with E-state index in [-0.39, 0.29) is 0 Å². The van der Waals surface area contributed by atoms with Crippen LogP contribution in [0.25, 0.3) is 0 Å². The maximum atomic E-state index is 5.24. The molecule has 0 aromatic carbocycles. The van der Waals surface area contributed by atoms with Crippen LogP contribution in [0.5, 0.6) is 0 Å². The smallest absolute Gasteiger partial charge is 0.0645 e. The number of rotatable bonds is 3. The Balaban J connectivity index is 1.89. The summed E-state index contributed by atoms with van der Waals surface area (Å²) in [6.45, 7) is 6.55. The summed E-state index contributed by atoms with van der Waals surface area (Å²) < 4.78 is 5.24. The van der Waals surface area contributed by atoms with Crippen LogP contribution in [0.2, 0.25) is 0 Å². The molecule has 2 saturated heterocycles. The highest BCUT2D eigenvalue weighted by molar-refractivity contribution is 4.97. The van der Waals surface area contributed by atoms with Crippen LogP contribution >= 0.6 is 0 Å². The summed E-state index contributed by atoms with van der Waals surface area (Å²) in [6, 6.07) is 2.49. The number of nitrogens with zero attached hydrogens (tertiary/aromatic N) is 1. The minimum Gasteiger partial charge on any atom is -0.378 e. The van der Waals surface area contributed by atoms with Crippen molar-refractivity contribution < 1.29 is 4.74 Å². The van der Waals surface area contributed by atoms with E-state index in [9.17, 15) is 0 Å². The van der Waals surface area contributed by atoms with Crippen molar-refractivity contribution in [2.45, 2.75) is 51.2 Å². The Morgan fingerprint density at radius 3 is 2.08 bits per heavy atom. The third kappa shape index (κ3) is 1.17. The summed E-state index contributed by atoms with van der Waals surface area (Å²) in [4.78, 5) is 2.68. The molecule has 2 atom stereocenters. The Morgan fingerprint density at radius 2 is 1.75 bits per heavy atom. The molecule has 2 unspecified atom stereocenters. The molecule has 2 fully saturated rings. The van der Waals surface area contributed by atoms with E-state index >= 15 is 0 Å². The molecule has 0 aromatic heterocycles. The average Bonchev–Trinajstić information content (AvgIpc) is 1.96. The van der Waals surface area contributed by atoms with Gasteiger partial charge in [0.15, 0.2) is 0 Å². The molecular weight excluding hydrogens is 150 g/mol. The number of hydrogen-bond donors (Lipinski definition) is 0. The quantitative estimate of drug-likeness (QED) is 0.637. The molecule has 2 heterocycles. The topological polar surface area (TPSA) is 12.5 Å². The summed E-state index contributed by atoms with van der Waals surface area (Å²) in [7, 11) is 0. The zero-order valence-corrected chi connectivity index (χ0v) is 8.12. The second kappa shape index (κ2) is 3.35. The zero-order valence-electron chi connectivity index (χ0n) is 8.12. The normalized spacial score (nSPS) is 37.5. The van der Waals surface area contributed by atoms with Crippen molar-refractivity contribution in [1.29, 1.82) is 0 Å². The molecule has 0 bridgehead atoms. The zero-order chi connectivity index (χ0) is 8.55. The largest absolute Gasteiger partial charge is 0.378 e. The predicted molar refractivity (Wildman–Crippen MR) is 49.2 cm³/mol. The van der Waals surface area contributed by atoms with Crippen LogP contribution in [-0.4, -0.2) is 36.2 Å². The molecule has 0 aliphatic carbocycles. The highest BCUT2D eigenvalue weighted by atomic mass is 16.5. The maximum absolute atomic E-state index is 5.24. The van der Waals surface area contributed by atoms with E-state index in [1.54, 1.807) is 0 Å². The minimum atomic E-state index is 0.758. The van der Waals surface area contributed by atoms with Crippen molar-refractivity contribution in [3.05, 3.63) is 0 Å². The van der Waals surface area contributed by atoms with E-state index in [1.165, 1.54) is 19.3 Å². The van der Waals surface area contributed by atoms with Crippen molar-refractivity contribution in [1.82, 2.24) is 4.90 Å². The van der Waals surface area contributed by atoms with E-state index in [4.69, 9.17) is 4.74 Å². The van der Waals surface area contributed by atoms with Gasteiger partial charge in [0.25, 0.3) is 0 Å². The highest BCUT2D eigenvalue weighted by Crippen LogP contribution is 2.34. The second-order valence-corrected chi connectivity index (χ2v) is 4.00. The summed E-state index contributed by atoms with van der Waals surface area (Å²) in [5.41, 5.74) is 0. The van der Waals surface area contributed by atoms with Gasteiger partial charge in [-0.25, -0.2) is 0 Å². The maximum Gasteiger partial charge on any atom is 0.0645 e. The molecule has 2 aliphatic heterocycles. The SMILES string of the molecule is CCC1CC(CC)N1C1COC1. The van der Waals surface area contributed by atoms with Crippen molar-refractivity contribution in [3.8, 4) is 0 Å². The van der Waals surface area contributed by atoms with Gasteiger partial charge in [0.05, 0.1) is 19.3 Å².